The van der Waals surface area contributed by atoms with Crippen molar-refractivity contribution in [2.24, 2.45) is 11.8 Å². The molecular weight excluding hydrogens is 665 g/mol. The average molecular weight is 709 g/mol. The molecule has 0 radical (unpaired) electrons. The van der Waals surface area contributed by atoms with Gasteiger partial charge in [0.25, 0.3) is 0 Å². The van der Waals surface area contributed by atoms with Crippen LogP contribution in [-0.4, -0.2) is 57.8 Å². The maximum Gasteiger partial charge on any atom is 0.356 e. The van der Waals surface area contributed by atoms with Crippen LogP contribution in [-0.2, 0) is 13.1 Å². The molecule has 0 aliphatic carbocycles. The number of nitriles is 1. The lowest BCUT2D eigenvalue weighted by atomic mass is 10.1. The van der Waals surface area contributed by atoms with E-state index in [-0.39, 0.29) is 5.69 Å². The molecule has 0 fully saturated rings. The van der Waals surface area contributed by atoms with Gasteiger partial charge in [0.2, 0.25) is 0 Å². The zero-order chi connectivity index (χ0) is 35.9. The van der Waals surface area contributed by atoms with Crippen LogP contribution in [0.5, 0.6) is 11.5 Å². The molecule has 13 heteroatoms. The van der Waals surface area contributed by atoms with Crippen LogP contribution in [0.15, 0.2) is 60.7 Å². The van der Waals surface area contributed by atoms with Crippen LogP contribution in [0.25, 0.3) is 0 Å². The third-order valence-electron chi connectivity index (χ3n) is 6.96. The van der Waals surface area contributed by atoms with Gasteiger partial charge in [-0.15, -0.1) is 20.4 Å². The van der Waals surface area contributed by atoms with Gasteiger partial charge >= 0.3 is 5.97 Å². The average Bonchev–Trinajstić information content (AvgIpc) is 3.09. The summed E-state index contributed by atoms with van der Waals surface area (Å²) < 4.78 is 11.8. The van der Waals surface area contributed by atoms with Crippen LogP contribution in [0.2, 0.25) is 10.0 Å². The van der Waals surface area contributed by atoms with Crippen LogP contribution in [0, 0.1) is 23.2 Å². The molecule has 49 heavy (non-hydrogen) atoms. The Kier molecular flexibility index (Phi) is 15.3. The number of hydrogen-bond donors (Lipinski definition) is 1. The summed E-state index contributed by atoms with van der Waals surface area (Å²) in [6, 6.07) is 19.7. The van der Waals surface area contributed by atoms with E-state index in [1.165, 1.54) is 6.07 Å². The molecule has 2 aromatic carbocycles. The van der Waals surface area contributed by atoms with Gasteiger partial charge in [0.05, 0.1) is 13.2 Å². The number of ether oxygens (including phenoxy) is 2. The molecule has 2 heterocycles. The molecule has 0 aliphatic rings. The van der Waals surface area contributed by atoms with E-state index in [0.717, 1.165) is 29.2 Å². The number of carboxylic acids is 1. The van der Waals surface area contributed by atoms with Crippen LogP contribution in [0.4, 0.5) is 11.6 Å². The summed E-state index contributed by atoms with van der Waals surface area (Å²) in [6.07, 6.45) is 0. The highest BCUT2D eigenvalue weighted by Gasteiger charge is 2.15. The van der Waals surface area contributed by atoms with Gasteiger partial charge in [0.1, 0.15) is 17.6 Å². The molecule has 0 aliphatic heterocycles. The Morgan fingerprint density at radius 3 is 1.57 bits per heavy atom. The van der Waals surface area contributed by atoms with Crippen molar-refractivity contribution in [3.05, 3.63) is 93.2 Å². The Bertz CT molecular complexity index is 1680. The number of anilines is 2. The number of carbonyl (C=O) groups is 1. The van der Waals surface area contributed by atoms with E-state index in [0.29, 0.717) is 72.1 Å². The number of rotatable bonds is 15. The molecule has 0 bridgehead atoms. The predicted molar refractivity (Wildman–Crippen MR) is 193 cm³/mol. The first-order valence-corrected chi connectivity index (χ1v) is 16.8. The van der Waals surface area contributed by atoms with E-state index in [1.807, 2.05) is 55.1 Å². The normalized spacial score (nSPS) is 10.6. The Morgan fingerprint density at radius 1 is 0.755 bits per heavy atom. The highest BCUT2D eigenvalue weighted by atomic mass is 35.5. The molecule has 0 saturated heterocycles. The summed E-state index contributed by atoms with van der Waals surface area (Å²) in [5.74, 6) is 2.69. The molecule has 0 unspecified atom stereocenters. The second kappa shape index (κ2) is 19.4. The van der Waals surface area contributed by atoms with E-state index >= 15 is 0 Å². The molecule has 1 N–H and O–H groups in total. The van der Waals surface area contributed by atoms with E-state index in [2.05, 4.69) is 53.0 Å². The van der Waals surface area contributed by atoms with Crippen molar-refractivity contribution in [1.29, 1.82) is 5.26 Å². The lowest BCUT2D eigenvalue weighted by Gasteiger charge is -2.23. The highest BCUT2D eigenvalue weighted by molar-refractivity contribution is 6.31. The SMILES string of the molecule is CCN(Cc1cc(Cl)ccc1OCC(C)C)c1ccc(C#N)nn1.CCN(Cc1cc(Cl)ccc1OCC(C)C)c1ccc(C(=O)O)nn1. The summed E-state index contributed by atoms with van der Waals surface area (Å²) in [5.41, 5.74) is 2.16. The van der Waals surface area contributed by atoms with Crippen LogP contribution in [0.1, 0.15) is 68.9 Å². The first-order valence-electron chi connectivity index (χ1n) is 16.1. The second-order valence-electron chi connectivity index (χ2n) is 11.9. The van der Waals surface area contributed by atoms with Crippen molar-refractivity contribution in [3.63, 3.8) is 0 Å². The molecule has 0 atom stereocenters. The molecule has 11 nitrogen and oxygen atoms in total. The maximum atomic E-state index is 10.9. The van der Waals surface area contributed by atoms with E-state index in [1.54, 1.807) is 24.3 Å². The number of benzene rings is 2. The van der Waals surface area contributed by atoms with Crippen molar-refractivity contribution in [1.82, 2.24) is 20.4 Å². The Labute approximate surface area is 298 Å². The number of carboxylic acid groups (broad SMARTS) is 1. The first-order chi connectivity index (χ1) is 23.4. The number of nitrogens with zero attached hydrogens (tertiary/aromatic N) is 7. The standard InChI is InChI=1S/C18H21ClN4O.C18H22ClN3O3/c1-4-23(18-8-6-16(10-20)21-22-18)11-14-9-15(19)5-7-17(14)24-12-13(2)3;1-4-22(17-8-6-15(18(23)24)20-21-17)10-13-9-14(19)5-7-16(13)25-11-12(2)3/h5-9,13H,4,11-12H2,1-3H3;5-9,12H,4,10-11H2,1-3H3,(H,23,24). The van der Waals surface area contributed by atoms with Gasteiger partial charge in [-0.05, 0) is 86.3 Å². The Morgan fingerprint density at radius 2 is 1.22 bits per heavy atom. The maximum absolute atomic E-state index is 10.9. The van der Waals surface area contributed by atoms with Crippen molar-refractivity contribution in [2.75, 3.05) is 36.1 Å². The van der Waals surface area contributed by atoms with E-state index in [9.17, 15) is 4.79 Å². The minimum absolute atomic E-state index is 0.0801. The lowest BCUT2D eigenvalue weighted by molar-refractivity contribution is 0.0689. The highest BCUT2D eigenvalue weighted by Crippen LogP contribution is 2.28. The zero-order valence-electron chi connectivity index (χ0n) is 28.7. The van der Waals surface area contributed by atoms with Gasteiger partial charge in [-0.2, -0.15) is 5.26 Å². The summed E-state index contributed by atoms with van der Waals surface area (Å²) in [6.45, 7) is 16.3. The minimum atomic E-state index is -1.10. The largest absolute Gasteiger partial charge is 0.493 e. The predicted octanol–water partition coefficient (Wildman–Crippen LogP) is 7.95. The van der Waals surface area contributed by atoms with Gasteiger partial charge in [-0.25, -0.2) is 4.79 Å². The smallest absolute Gasteiger partial charge is 0.356 e. The fourth-order valence-electron chi connectivity index (χ4n) is 4.42. The van der Waals surface area contributed by atoms with Crippen LogP contribution < -0.4 is 19.3 Å². The van der Waals surface area contributed by atoms with Crippen molar-refractivity contribution >= 4 is 40.8 Å². The van der Waals surface area contributed by atoms with Crippen molar-refractivity contribution in [3.8, 4) is 17.6 Å². The van der Waals surface area contributed by atoms with Gasteiger partial charge in [0, 0.05) is 47.4 Å². The molecule has 0 saturated carbocycles. The van der Waals surface area contributed by atoms with E-state index < -0.39 is 5.97 Å². The topological polar surface area (TPSA) is 138 Å². The molecule has 260 valence electrons. The number of hydrogen-bond acceptors (Lipinski definition) is 10. The van der Waals surface area contributed by atoms with Gasteiger partial charge in [0.15, 0.2) is 23.0 Å². The molecule has 0 amide bonds. The van der Waals surface area contributed by atoms with Gasteiger partial charge < -0.3 is 24.4 Å². The van der Waals surface area contributed by atoms with Crippen molar-refractivity contribution < 1.29 is 19.4 Å². The number of halogens is 2. The van der Waals surface area contributed by atoms with Crippen molar-refractivity contribution in [2.45, 2.75) is 54.6 Å². The molecule has 4 rings (SSSR count). The second-order valence-corrected chi connectivity index (χ2v) is 12.8. The number of aromatic nitrogens is 4. The molecular formula is C36H43Cl2N7O4. The van der Waals surface area contributed by atoms with E-state index in [4.69, 9.17) is 43.0 Å². The summed E-state index contributed by atoms with van der Waals surface area (Å²) in [5, 5.41) is 34.8. The first kappa shape index (κ1) is 38.8. The number of aromatic carboxylic acids is 1. The Hall–Kier alpha value is -4.66. The van der Waals surface area contributed by atoms with Crippen LogP contribution >= 0.6 is 23.2 Å². The fourth-order valence-corrected chi connectivity index (χ4v) is 4.81. The Balaban J connectivity index is 0.000000266. The lowest BCUT2D eigenvalue weighted by Crippen LogP contribution is -2.24. The summed E-state index contributed by atoms with van der Waals surface area (Å²) in [4.78, 5) is 14.9. The molecule has 4 aromatic rings. The molecule has 2 aromatic heterocycles. The fraction of sp³-hybridized carbons (Fsp3) is 0.389. The van der Waals surface area contributed by atoms with Gasteiger partial charge in [-0.3, -0.25) is 0 Å². The summed E-state index contributed by atoms with van der Waals surface area (Å²) >= 11 is 12.3. The van der Waals surface area contributed by atoms with Gasteiger partial charge in [-0.1, -0.05) is 50.9 Å². The third kappa shape index (κ3) is 12.4. The minimum Gasteiger partial charge on any atom is -0.493 e. The zero-order valence-corrected chi connectivity index (χ0v) is 30.2. The quantitative estimate of drug-likeness (QED) is 0.129. The monoisotopic (exact) mass is 707 g/mol. The van der Waals surface area contributed by atoms with Crippen LogP contribution in [0.3, 0.4) is 0 Å². The third-order valence-corrected chi connectivity index (χ3v) is 7.43. The summed E-state index contributed by atoms with van der Waals surface area (Å²) in [7, 11) is 0. The molecule has 0 spiro atoms.